The number of ether oxygens (including phenoxy) is 4. The summed E-state index contributed by atoms with van der Waals surface area (Å²) in [5.74, 6) is -5.45. The van der Waals surface area contributed by atoms with Gasteiger partial charge in [-0.15, -0.1) is 5.06 Å². The molecule has 2 heterocycles. The van der Waals surface area contributed by atoms with Crippen molar-refractivity contribution in [3.8, 4) is 0 Å². The van der Waals surface area contributed by atoms with Crippen LogP contribution in [-0.2, 0) is 57.3 Å². The maximum Gasteiger partial charge on any atom is 0.410 e. The maximum atomic E-state index is 14.8. The molecular weight excluding hydrogens is 957 g/mol. The second kappa shape index (κ2) is 29.0. The Morgan fingerprint density at radius 3 is 2.08 bits per heavy atom. The van der Waals surface area contributed by atoms with E-state index in [1.807, 2.05) is 38.1 Å². The number of hydrogen-bond acceptors (Lipinski definition) is 14. The third-order valence-electron chi connectivity index (χ3n) is 14.7. The fourth-order valence-corrected chi connectivity index (χ4v) is 10.3. The topological polar surface area (TPSA) is 240 Å². The molecule has 20 nitrogen and oxygen atoms in total. The van der Waals surface area contributed by atoms with Crippen LogP contribution < -0.4 is 10.6 Å². The number of hydrogen-bond donors (Lipinski definition) is 3. The van der Waals surface area contributed by atoms with Gasteiger partial charge in [0.1, 0.15) is 24.8 Å². The van der Waals surface area contributed by atoms with E-state index in [9.17, 15) is 43.5 Å². The van der Waals surface area contributed by atoms with Crippen LogP contribution in [0.5, 0.6) is 0 Å². The number of likely N-dealkylation sites (N-methyl/N-ethyl adjacent to an activating group) is 2. The molecular formula is C54H84N6O14. The number of imide groups is 1. The summed E-state index contributed by atoms with van der Waals surface area (Å²) in [6.45, 7) is 14.4. The molecule has 2 saturated heterocycles. The molecule has 0 aromatic heterocycles. The number of aliphatic hydroxyl groups is 1. The summed E-state index contributed by atoms with van der Waals surface area (Å²) in [6, 6.07) is 5.30. The van der Waals surface area contributed by atoms with Crippen molar-refractivity contribution < 1.29 is 67.2 Å². The van der Waals surface area contributed by atoms with Gasteiger partial charge in [0.2, 0.25) is 23.6 Å². The van der Waals surface area contributed by atoms with Gasteiger partial charge < -0.3 is 49.3 Å². The Labute approximate surface area is 437 Å². The number of amides is 7. The van der Waals surface area contributed by atoms with Crippen molar-refractivity contribution in [3.05, 3.63) is 48.0 Å². The Bertz CT molecular complexity index is 2070. The second-order valence-electron chi connectivity index (χ2n) is 20.7. The van der Waals surface area contributed by atoms with Crippen LogP contribution in [0.2, 0.25) is 0 Å². The first-order valence-electron chi connectivity index (χ1n) is 26.3. The lowest BCUT2D eigenvalue weighted by Gasteiger charge is -2.41. The highest BCUT2D eigenvalue weighted by Gasteiger charge is 2.44. The van der Waals surface area contributed by atoms with Crippen LogP contribution in [0.4, 0.5) is 4.79 Å². The molecule has 2 unspecified atom stereocenters. The van der Waals surface area contributed by atoms with Gasteiger partial charge in [-0.25, -0.2) is 9.59 Å². The summed E-state index contributed by atoms with van der Waals surface area (Å²) in [5, 5.41) is 17.2. The molecule has 414 valence electrons. The minimum Gasteiger partial charge on any atom is -0.439 e. The number of hydroxylamine groups is 2. The minimum atomic E-state index is -1.10. The molecule has 20 heteroatoms. The van der Waals surface area contributed by atoms with Gasteiger partial charge in [0, 0.05) is 47.7 Å². The number of nitrogens with zero attached hydrogens (tertiary/aromatic N) is 4. The van der Waals surface area contributed by atoms with Crippen molar-refractivity contribution in [3.63, 3.8) is 0 Å². The van der Waals surface area contributed by atoms with E-state index in [-0.39, 0.29) is 37.0 Å². The highest BCUT2D eigenvalue weighted by atomic mass is 16.7. The normalized spacial score (nSPS) is 22.3. The number of methoxy groups -OCH3 is 2. The molecule has 0 spiro atoms. The summed E-state index contributed by atoms with van der Waals surface area (Å²) < 4.78 is 23.8. The third-order valence-corrected chi connectivity index (χ3v) is 14.7. The zero-order chi connectivity index (χ0) is 55.0. The van der Waals surface area contributed by atoms with Gasteiger partial charge in [-0.3, -0.25) is 33.7 Å². The van der Waals surface area contributed by atoms with Crippen molar-refractivity contribution in [2.75, 3.05) is 41.5 Å². The monoisotopic (exact) mass is 1040 g/mol. The number of nitrogens with one attached hydrogen (secondary N) is 2. The van der Waals surface area contributed by atoms with E-state index in [1.54, 1.807) is 76.6 Å². The summed E-state index contributed by atoms with van der Waals surface area (Å²) in [7, 11) is 6.10. The first kappa shape index (κ1) is 61.1. The summed E-state index contributed by atoms with van der Waals surface area (Å²) in [4.78, 5) is 117. The Balaban J connectivity index is 1.45. The molecule has 1 aliphatic carbocycles. The molecule has 2 fully saturated rings. The second-order valence-corrected chi connectivity index (χ2v) is 20.7. The molecule has 3 aliphatic rings. The van der Waals surface area contributed by atoms with Crippen molar-refractivity contribution in [1.82, 2.24) is 30.4 Å². The number of likely N-dealkylation sites (tertiary alicyclic amines) is 1. The largest absolute Gasteiger partial charge is 0.439 e. The summed E-state index contributed by atoms with van der Waals surface area (Å²) in [5.41, 5.74) is 0.675. The van der Waals surface area contributed by atoms with Crippen LogP contribution in [0.25, 0.3) is 0 Å². The fourth-order valence-electron chi connectivity index (χ4n) is 10.3. The molecule has 74 heavy (non-hydrogen) atoms. The summed E-state index contributed by atoms with van der Waals surface area (Å²) >= 11 is 0. The quantitative estimate of drug-likeness (QED) is 0.0875. The van der Waals surface area contributed by atoms with E-state index in [4.69, 9.17) is 23.8 Å². The van der Waals surface area contributed by atoms with Gasteiger partial charge in [-0.05, 0) is 68.4 Å². The standard InChI is InChI=1S/C54H84N6O14/c1-13-34(6)48(41(70-11)30-44(63)59-29-21-24-38(59)50(71-12)35(7)51(66)55-36(8)49(65)37-22-17-16-18-23-37)57(9)53(68)46(32(2)3)56-52(67)47(33(4)5)58(10)54(69)73-40-26-20-15-14-19-25-39(40)72-31-45(64)74-60-42(61)27-28-43(60)62/h16-18,20,22-23,26,32-36,38-41,46-50,65H,13-15,19,21,24-25,27-31H2,1-12H3,(H,55,66)(H,56,67)/b26-20+/t34-,35+,36+,38-,39?,40?,41+,46+,47-,48-,49+,50+/m0/s1. The zero-order valence-electron chi connectivity index (χ0n) is 45.7. The number of rotatable bonds is 25. The van der Waals surface area contributed by atoms with E-state index in [0.717, 1.165) is 6.42 Å². The van der Waals surface area contributed by atoms with Gasteiger partial charge in [-0.1, -0.05) is 97.7 Å². The lowest BCUT2D eigenvalue weighted by atomic mass is 9.89. The van der Waals surface area contributed by atoms with E-state index in [1.165, 1.54) is 26.2 Å². The van der Waals surface area contributed by atoms with Crippen LogP contribution in [0, 0.1) is 23.7 Å². The van der Waals surface area contributed by atoms with Gasteiger partial charge in [0.05, 0.1) is 54.9 Å². The number of benzene rings is 1. The lowest BCUT2D eigenvalue weighted by molar-refractivity contribution is -0.202. The van der Waals surface area contributed by atoms with Crippen LogP contribution in [0.3, 0.4) is 0 Å². The average molecular weight is 1040 g/mol. The smallest absolute Gasteiger partial charge is 0.410 e. The molecule has 7 amide bonds. The van der Waals surface area contributed by atoms with Gasteiger partial charge in [-0.2, -0.15) is 0 Å². The molecule has 4 rings (SSSR count). The van der Waals surface area contributed by atoms with Gasteiger partial charge in [0.25, 0.3) is 11.8 Å². The number of aliphatic hydroxyl groups excluding tert-OH is 1. The molecule has 1 aromatic carbocycles. The molecule has 0 bridgehead atoms. The molecule has 12 atom stereocenters. The fraction of sp³-hybridized carbons (Fsp3) is 0.704. The molecule has 3 N–H and O–H groups in total. The van der Waals surface area contributed by atoms with E-state index >= 15 is 0 Å². The van der Waals surface area contributed by atoms with Gasteiger partial charge >= 0.3 is 12.1 Å². The Hall–Kier alpha value is -5.44. The number of allylic oxidation sites excluding steroid dienone is 1. The predicted octanol–water partition coefficient (Wildman–Crippen LogP) is 4.87. The van der Waals surface area contributed by atoms with E-state index < -0.39 is 121 Å². The Kier molecular flexibility index (Phi) is 24.0. The first-order valence-corrected chi connectivity index (χ1v) is 26.3. The lowest BCUT2D eigenvalue weighted by Crippen LogP contribution is -2.60. The highest BCUT2D eigenvalue weighted by molar-refractivity contribution is 6.01. The third kappa shape index (κ3) is 16.0. The predicted molar refractivity (Wildman–Crippen MR) is 273 cm³/mol. The van der Waals surface area contributed by atoms with Crippen LogP contribution >= 0.6 is 0 Å². The van der Waals surface area contributed by atoms with E-state index in [0.29, 0.717) is 55.7 Å². The molecule has 0 radical (unpaired) electrons. The van der Waals surface area contributed by atoms with Crippen LogP contribution in [0.15, 0.2) is 42.5 Å². The SMILES string of the molecule is CC[C@H](C)[C@@H]([C@@H](CC(=O)N1CCC[C@H]1[C@H](OC)[C@@H](C)C(=O)N[C@H](C)[C@@H](O)c1ccccc1)OC)N(C)C(=O)[C@H](NC(=O)[C@H](C(C)C)N(C)C(=O)OC1/C=C/CCCCC1OCC(=O)ON1C(=O)CCC1=O)C(C)C. The van der Waals surface area contributed by atoms with Crippen molar-refractivity contribution >= 4 is 47.5 Å². The number of carbonyl (C=O) groups is 8. The number of carbonyl (C=O) groups excluding carboxylic acids is 8. The van der Waals surface area contributed by atoms with Crippen molar-refractivity contribution in [2.24, 2.45) is 23.7 Å². The zero-order valence-corrected chi connectivity index (χ0v) is 45.7. The molecule has 0 saturated carbocycles. The average Bonchev–Trinajstić information content (AvgIpc) is 3.98. The van der Waals surface area contributed by atoms with Gasteiger partial charge in [0.15, 0.2) is 0 Å². The maximum absolute atomic E-state index is 14.8. The minimum absolute atomic E-state index is 0.0586. The van der Waals surface area contributed by atoms with Crippen LogP contribution in [0.1, 0.15) is 131 Å². The van der Waals surface area contributed by atoms with Crippen molar-refractivity contribution in [1.29, 1.82) is 0 Å². The van der Waals surface area contributed by atoms with Crippen LogP contribution in [-0.4, -0.2) is 168 Å². The molecule has 1 aromatic rings. The highest BCUT2D eigenvalue weighted by Crippen LogP contribution is 2.31. The first-order chi connectivity index (χ1) is 35.1. The Morgan fingerprint density at radius 2 is 1.49 bits per heavy atom. The van der Waals surface area contributed by atoms with Crippen molar-refractivity contribution in [2.45, 2.75) is 180 Å². The Morgan fingerprint density at radius 1 is 0.824 bits per heavy atom. The molecule has 2 aliphatic heterocycles. The van der Waals surface area contributed by atoms with E-state index in [2.05, 4.69) is 10.6 Å². The summed E-state index contributed by atoms with van der Waals surface area (Å²) in [6.07, 6.45) is 2.91.